The molecule has 0 radical (unpaired) electrons. The average molecular weight is 600 g/mol. The molecule has 4 N–H and O–H groups in total. The number of carbonyl (C=O) groups excluding carboxylic acids is 3. The highest BCUT2D eigenvalue weighted by atomic mass is 16.5. The molecule has 11 nitrogen and oxygen atoms in total. The highest BCUT2D eigenvalue weighted by Crippen LogP contribution is 2.31. The molecule has 0 spiro atoms. The van der Waals surface area contributed by atoms with Gasteiger partial charge in [0, 0.05) is 42.3 Å². The molecule has 11 heteroatoms. The van der Waals surface area contributed by atoms with E-state index in [1.54, 1.807) is 25.3 Å². The first-order chi connectivity index (χ1) is 21.3. The van der Waals surface area contributed by atoms with E-state index in [9.17, 15) is 19.5 Å². The molecule has 0 fully saturated rings. The predicted molar refractivity (Wildman–Crippen MR) is 165 cm³/mol. The van der Waals surface area contributed by atoms with Gasteiger partial charge in [0.25, 0.3) is 5.91 Å². The average Bonchev–Trinajstić information content (AvgIpc) is 3.37. The Morgan fingerprint density at radius 1 is 1.14 bits per heavy atom. The highest BCUT2D eigenvalue weighted by Gasteiger charge is 2.28. The summed E-state index contributed by atoms with van der Waals surface area (Å²) in [6.45, 7) is 1.84. The Kier molecular flexibility index (Phi) is 9.75. The van der Waals surface area contributed by atoms with Gasteiger partial charge in [-0.1, -0.05) is 30.3 Å². The number of hydrogen-bond donors (Lipinski definition) is 4. The van der Waals surface area contributed by atoms with Crippen molar-refractivity contribution in [2.75, 3.05) is 33.4 Å². The molecule has 1 aliphatic heterocycles. The van der Waals surface area contributed by atoms with Crippen molar-refractivity contribution in [2.45, 2.75) is 38.3 Å². The molecule has 0 saturated carbocycles. The lowest BCUT2D eigenvalue weighted by molar-refractivity contribution is -0.131. The minimum absolute atomic E-state index is 0.189. The summed E-state index contributed by atoms with van der Waals surface area (Å²) in [6.07, 6.45) is 1.87. The van der Waals surface area contributed by atoms with Crippen molar-refractivity contribution in [3.8, 4) is 11.5 Å². The molecule has 230 valence electrons. The van der Waals surface area contributed by atoms with Crippen LogP contribution in [0.3, 0.4) is 0 Å². The molecule has 44 heavy (non-hydrogen) atoms. The molecular weight excluding hydrogens is 562 g/mol. The summed E-state index contributed by atoms with van der Waals surface area (Å²) in [5.41, 5.74) is 4.27. The van der Waals surface area contributed by atoms with E-state index in [0.29, 0.717) is 30.8 Å². The van der Waals surface area contributed by atoms with E-state index in [0.717, 1.165) is 27.7 Å². The Balaban J connectivity index is 1.45. The number of ether oxygens (including phenoxy) is 2. The number of amides is 3. The second-order valence-electron chi connectivity index (χ2n) is 10.8. The predicted octanol–water partition coefficient (Wildman–Crippen LogP) is 2.61. The first-order valence-corrected chi connectivity index (χ1v) is 14.7. The van der Waals surface area contributed by atoms with E-state index in [1.807, 2.05) is 42.5 Å². The number of benzene rings is 2. The van der Waals surface area contributed by atoms with Gasteiger partial charge < -0.3 is 35.1 Å². The van der Waals surface area contributed by atoms with Gasteiger partial charge in [-0.25, -0.2) is 0 Å². The molecule has 5 rings (SSSR count). The van der Waals surface area contributed by atoms with Gasteiger partial charge in [0.1, 0.15) is 11.7 Å². The van der Waals surface area contributed by atoms with Crippen LogP contribution in [0.25, 0.3) is 10.9 Å². The Bertz CT molecular complexity index is 1620. The van der Waals surface area contributed by atoms with Gasteiger partial charge >= 0.3 is 0 Å². The minimum Gasteiger partial charge on any atom is -0.493 e. The second-order valence-corrected chi connectivity index (χ2v) is 10.8. The molecule has 2 bridgehead atoms. The van der Waals surface area contributed by atoms with Crippen molar-refractivity contribution in [3.05, 3.63) is 89.4 Å². The maximum absolute atomic E-state index is 13.3. The highest BCUT2D eigenvalue weighted by molar-refractivity contribution is 5.96. The van der Waals surface area contributed by atoms with E-state index in [1.165, 1.54) is 18.0 Å². The molecule has 3 amide bonds. The van der Waals surface area contributed by atoms with E-state index >= 15 is 0 Å². The molecule has 2 aromatic carbocycles. The molecule has 2 aromatic heterocycles. The first-order valence-electron chi connectivity index (χ1n) is 14.7. The summed E-state index contributed by atoms with van der Waals surface area (Å²) in [7, 11) is 1.58. The number of H-pyrrole nitrogens is 1. The Labute approximate surface area is 255 Å². The van der Waals surface area contributed by atoms with Crippen molar-refractivity contribution in [1.29, 1.82) is 0 Å². The normalized spacial score (nSPS) is 17.6. The number of fused-ring (bicyclic) bond motifs is 5. The van der Waals surface area contributed by atoms with Gasteiger partial charge in [-0.2, -0.15) is 0 Å². The summed E-state index contributed by atoms with van der Waals surface area (Å²) in [5, 5.41) is 16.9. The molecule has 1 aliphatic rings. The van der Waals surface area contributed by atoms with E-state index in [-0.39, 0.29) is 31.9 Å². The van der Waals surface area contributed by atoms with E-state index in [2.05, 4.69) is 20.6 Å². The van der Waals surface area contributed by atoms with Gasteiger partial charge in [0.2, 0.25) is 11.8 Å². The molecule has 3 heterocycles. The van der Waals surface area contributed by atoms with Crippen LogP contribution in [-0.2, 0) is 22.4 Å². The van der Waals surface area contributed by atoms with Crippen LogP contribution in [0.15, 0.2) is 66.9 Å². The van der Waals surface area contributed by atoms with E-state index in [4.69, 9.17) is 9.47 Å². The van der Waals surface area contributed by atoms with E-state index < -0.39 is 29.9 Å². The Morgan fingerprint density at radius 2 is 1.95 bits per heavy atom. The summed E-state index contributed by atoms with van der Waals surface area (Å²) < 4.78 is 11.7. The number of hydrogen-bond acceptors (Lipinski definition) is 7. The fourth-order valence-corrected chi connectivity index (χ4v) is 5.40. The largest absolute Gasteiger partial charge is 0.493 e. The SMILES string of the molecule is COc1ccc2cc1OCCCN(C(=O)c1ccccn1)CC(=O)N[C@@H]([C@@H](C)O)C(=O)NCCc1c([nH]c3ccccc13)C2. The smallest absolute Gasteiger partial charge is 0.272 e. The number of aromatic nitrogens is 2. The third-order valence-corrected chi connectivity index (χ3v) is 7.60. The van der Waals surface area contributed by atoms with Gasteiger partial charge in [0.15, 0.2) is 11.5 Å². The van der Waals surface area contributed by atoms with Crippen LogP contribution in [0.5, 0.6) is 11.5 Å². The third-order valence-electron chi connectivity index (χ3n) is 7.60. The maximum atomic E-state index is 13.3. The number of pyridine rings is 1. The van der Waals surface area contributed by atoms with Gasteiger partial charge in [0.05, 0.1) is 26.4 Å². The zero-order valence-corrected chi connectivity index (χ0v) is 24.8. The standard InChI is InChI=1S/C33H37N5O6/c1-21(39)31-32(41)35-15-13-24-23-8-3-4-9-25(23)36-27(24)18-22-11-12-28(43-2)29(19-22)44-17-7-16-38(20-30(40)37-31)33(42)26-10-5-6-14-34-26/h3-6,8-12,14,19,21,31,36,39H,7,13,15-18,20H2,1-2H3,(H,35,41)(H,37,40)/t21-,31+/m1/s1. The zero-order valence-electron chi connectivity index (χ0n) is 24.8. The maximum Gasteiger partial charge on any atom is 0.272 e. The van der Waals surface area contributed by atoms with Crippen LogP contribution in [0, 0.1) is 0 Å². The van der Waals surface area contributed by atoms with Crippen molar-refractivity contribution in [2.24, 2.45) is 0 Å². The molecule has 0 saturated heterocycles. The topological polar surface area (TPSA) is 146 Å². The summed E-state index contributed by atoms with van der Waals surface area (Å²) in [5.74, 6) is -0.360. The van der Waals surface area contributed by atoms with Crippen LogP contribution in [0.1, 0.15) is 40.7 Å². The van der Waals surface area contributed by atoms with Gasteiger partial charge in [-0.3, -0.25) is 19.4 Å². The minimum atomic E-state index is -1.20. The number of nitrogens with one attached hydrogen (secondary N) is 3. The number of para-hydroxylation sites is 1. The Hall–Kier alpha value is -4.90. The molecule has 0 unspecified atom stereocenters. The summed E-state index contributed by atoms with van der Waals surface area (Å²) in [4.78, 5) is 48.6. The molecular formula is C33H37N5O6. The fourth-order valence-electron chi connectivity index (χ4n) is 5.40. The van der Waals surface area contributed by atoms with Crippen molar-refractivity contribution in [3.63, 3.8) is 0 Å². The number of aromatic amines is 1. The number of aliphatic hydroxyl groups is 1. The van der Waals surface area contributed by atoms with Crippen molar-refractivity contribution in [1.82, 2.24) is 25.5 Å². The monoisotopic (exact) mass is 599 g/mol. The molecule has 0 aliphatic carbocycles. The first kappa shape index (κ1) is 30.6. The van der Waals surface area contributed by atoms with Crippen LogP contribution >= 0.6 is 0 Å². The fraction of sp³-hybridized carbons (Fsp3) is 0.333. The lowest BCUT2D eigenvalue weighted by Gasteiger charge is -2.25. The lowest BCUT2D eigenvalue weighted by Crippen LogP contribution is -2.55. The van der Waals surface area contributed by atoms with Gasteiger partial charge in [-0.15, -0.1) is 0 Å². The Morgan fingerprint density at radius 3 is 2.73 bits per heavy atom. The van der Waals surface area contributed by atoms with Crippen LogP contribution in [0.4, 0.5) is 0 Å². The third kappa shape index (κ3) is 7.17. The molecule has 2 atom stereocenters. The zero-order chi connectivity index (χ0) is 31.1. The van der Waals surface area contributed by atoms with Crippen LogP contribution in [-0.4, -0.2) is 83.2 Å². The number of carbonyl (C=O) groups is 3. The number of nitrogens with zero attached hydrogens (tertiary/aromatic N) is 2. The van der Waals surface area contributed by atoms with Crippen molar-refractivity contribution >= 4 is 28.6 Å². The van der Waals surface area contributed by atoms with Crippen molar-refractivity contribution < 1.29 is 29.0 Å². The lowest BCUT2D eigenvalue weighted by atomic mass is 10.0. The number of rotatable bonds is 3. The summed E-state index contributed by atoms with van der Waals surface area (Å²) in [6, 6.07) is 17.6. The van der Waals surface area contributed by atoms with Crippen LogP contribution in [0.2, 0.25) is 0 Å². The summed E-state index contributed by atoms with van der Waals surface area (Å²) >= 11 is 0. The number of aliphatic hydroxyl groups excluding tert-OH is 1. The van der Waals surface area contributed by atoms with Gasteiger partial charge in [-0.05, 0) is 61.2 Å². The second kappa shape index (κ2) is 14.0. The molecule has 4 aromatic rings. The number of methoxy groups -OCH3 is 1. The van der Waals surface area contributed by atoms with Crippen LogP contribution < -0.4 is 20.1 Å². The quantitative estimate of drug-likeness (QED) is 0.283.